The van der Waals surface area contributed by atoms with Gasteiger partial charge in [-0.1, -0.05) is 67.5 Å². The molecule has 0 spiro atoms. The maximum atomic E-state index is 7.44. The van der Waals surface area contributed by atoms with Crippen molar-refractivity contribution in [3.05, 3.63) is 98.4 Å². The Balaban J connectivity index is 1.54. The first-order valence-electron chi connectivity index (χ1n) is 16.2. The second-order valence-electron chi connectivity index (χ2n) is 15.4. The van der Waals surface area contributed by atoms with Crippen molar-refractivity contribution >= 4 is 90.5 Å². The summed E-state index contributed by atoms with van der Waals surface area (Å²) in [7, 11) is 0. The van der Waals surface area contributed by atoms with Gasteiger partial charge in [0.2, 0.25) is 0 Å². The second-order valence-corrected chi connectivity index (χ2v) is 23.9. The Morgan fingerprint density at radius 1 is 0.542 bits per heavy atom. The Hall–Kier alpha value is -1.50. The van der Waals surface area contributed by atoms with Crippen LogP contribution >= 0.6 is 90.5 Å². The van der Waals surface area contributed by atoms with Crippen molar-refractivity contribution in [3.8, 4) is 53.3 Å². The molecule has 0 fully saturated rings. The van der Waals surface area contributed by atoms with Crippen molar-refractivity contribution in [3.63, 3.8) is 0 Å². The Morgan fingerprint density at radius 2 is 0.938 bits per heavy atom. The van der Waals surface area contributed by atoms with E-state index in [1.807, 2.05) is 45.3 Å². The summed E-state index contributed by atoms with van der Waals surface area (Å²) in [6, 6.07) is 23.5. The van der Waals surface area contributed by atoms with Gasteiger partial charge in [0, 0.05) is 58.3 Å². The van der Waals surface area contributed by atoms with Gasteiger partial charge in [-0.3, -0.25) is 0 Å². The van der Waals surface area contributed by atoms with Crippen LogP contribution in [0.5, 0.6) is 11.5 Å². The van der Waals surface area contributed by atoms with Crippen LogP contribution < -0.4 is 4.74 Å². The highest BCUT2D eigenvalue weighted by Crippen LogP contribution is 2.58. The first-order chi connectivity index (χ1) is 22.4. The summed E-state index contributed by atoms with van der Waals surface area (Å²) >= 11 is 12.5. The second kappa shape index (κ2) is 12.3. The molecule has 7 rings (SSSR count). The van der Waals surface area contributed by atoms with Crippen molar-refractivity contribution in [1.29, 1.82) is 0 Å². The number of hydrogen-bond acceptors (Lipinski definition) is 5. The lowest BCUT2D eigenvalue weighted by atomic mass is 9.70. The van der Waals surface area contributed by atoms with E-state index in [-0.39, 0.29) is 16.2 Å². The number of fused-ring (bicyclic) bond motifs is 2. The molecule has 7 heteroatoms. The minimum Gasteiger partial charge on any atom is -0.455 e. The number of hydrogen-bond donors (Lipinski definition) is 0. The highest BCUT2D eigenvalue weighted by atomic mass is 127. The van der Waals surface area contributed by atoms with Gasteiger partial charge in [0.15, 0.2) is 0 Å². The summed E-state index contributed by atoms with van der Waals surface area (Å²) in [5, 5.41) is 0. The van der Waals surface area contributed by atoms with E-state index in [2.05, 4.69) is 175 Å². The Bertz CT molecular complexity index is 2050. The molecule has 0 bridgehead atoms. The van der Waals surface area contributed by atoms with Gasteiger partial charge in [0.1, 0.15) is 11.5 Å². The summed E-state index contributed by atoms with van der Waals surface area (Å²) in [6.45, 7) is 23.2. The van der Waals surface area contributed by atoms with Crippen LogP contribution in [0.15, 0.2) is 60.7 Å². The number of ether oxygens (including phenoxy) is 1. The fourth-order valence-corrected chi connectivity index (χ4v) is 12.2. The smallest absolute Gasteiger partial charge is 0.139 e. The largest absolute Gasteiger partial charge is 0.455 e. The zero-order chi connectivity index (χ0) is 34.5. The summed E-state index contributed by atoms with van der Waals surface area (Å²) in [5.74, 6) is 1.99. The van der Waals surface area contributed by atoms with Gasteiger partial charge in [-0.05, 0) is 130 Å². The molecule has 1 nitrogen and oxygen atoms in total. The van der Waals surface area contributed by atoms with Crippen molar-refractivity contribution in [2.24, 2.45) is 0 Å². The standard InChI is InChI=1S/C41H40I2OS4/c1-21-11-13-31(45-21)37-27(19-33(42)47-37)25-15-23(39(3,4)5)17-29-35(25)44-36-26(16-24(40(6,7)8)18-30(36)41(29,9)10)28-20-34(43)48-38(28)32-14-12-22(2)46-32/h11-20H,1-10H3. The third-order valence-electron chi connectivity index (χ3n) is 9.37. The minimum atomic E-state index is -0.291. The van der Waals surface area contributed by atoms with Gasteiger partial charge < -0.3 is 4.74 Å². The van der Waals surface area contributed by atoms with Crippen LogP contribution in [-0.4, -0.2) is 0 Å². The number of benzene rings is 2. The fraction of sp³-hybridized carbons (Fsp3) is 0.317. The monoisotopic (exact) mass is 930 g/mol. The first kappa shape index (κ1) is 34.9. The molecule has 0 unspecified atom stereocenters. The summed E-state index contributed by atoms with van der Waals surface area (Å²) in [4.78, 5) is 7.95. The molecule has 48 heavy (non-hydrogen) atoms. The molecule has 5 heterocycles. The maximum Gasteiger partial charge on any atom is 0.139 e. The van der Waals surface area contributed by atoms with E-state index in [0.717, 1.165) is 11.5 Å². The minimum absolute atomic E-state index is 0.0253. The normalized spacial score (nSPS) is 14.2. The predicted octanol–water partition coefficient (Wildman–Crippen LogP) is 15.5. The average molecular weight is 931 g/mol. The molecule has 0 saturated carbocycles. The quantitative estimate of drug-likeness (QED) is 0.160. The van der Waals surface area contributed by atoms with Crippen LogP contribution in [0.4, 0.5) is 0 Å². The van der Waals surface area contributed by atoms with E-state index in [1.165, 1.54) is 79.5 Å². The van der Waals surface area contributed by atoms with Gasteiger partial charge in [0.25, 0.3) is 0 Å². The van der Waals surface area contributed by atoms with Gasteiger partial charge in [-0.15, -0.1) is 45.3 Å². The maximum absolute atomic E-state index is 7.44. The Morgan fingerprint density at radius 3 is 1.27 bits per heavy atom. The summed E-state index contributed by atoms with van der Waals surface area (Å²) in [6.07, 6.45) is 0. The lowest BCUT2D eigenvalue weighted by Gasteiger charge is -2.39. The van der Waals surface area contributed by atoms with Crippen molar-refractivity contribution < 1.29 is 4.74 Å². The molecule has 1 aliphatic rings. The zero-order valence-electron chi connectivity index (χ0n) is 29.1. The molecule has 0 atom stereocenters. The summed E-state index contributed by atoms with van der Waals surface area (Å²) in [5.41, 5.74) is 9.76. The number of rotatable bonds is 4. The van der Waals surface area contributed by atoms with Gasteiger partial charge in [0.05, 0.1) is 15.5 Å². The van der Waals surface area contributed by atoms with Crippen molar-refractivity contribution in [2.75, 3.05) is 0 Å². The third-order valence-corrected chi connectivity index (χ3v) is 15.5. The molecule has 4 aromatic heterocycles. The van der Waals surface area contributed by atoms with Crippen molar-refractivity contribution in [1.82, 2.24) is 0 Å². The van der Waals surface area contributed by atoms with Crippen LogP contribution in [0.1, 0.15) is 87.4 Å². The Kier molecular flexibility index (Phi) is 8.97. The molecule has 0 N–H and O–H groups in total. The molecular weight excluding hydrogens is 891 g/mol. The molecule has 1 aliphatic heterocycles. The van der Waals surface area contributed by atoms with E-state index < -0.39 is 0 Å². The highest BCUT2D eigenvalue weighted by Gasteiger charge is 2.40. The lowest BCUT2D eigenvalue weighted by molar-refractivity contribution is 0.418. The van der Waals surface area contributed by atoms with Gasteiger partial charge >= 0.3 is 0 Å². The average Bonchev–Trinajstić information content (AvgIpc) is 3.78. The number of aryl methyl sites for hydroxylation is 2. The van der Waals surface area contributed by atoms with Crippen LogP contribution in [0.2, 0.25) is 0 Å². The zero-order valence-corrected chi connectivity index (χ0v) is 36.7. The van der Waals surface area contributed by atoms with Crippen LogP contribution in [0.25, 0.3) is 41.8 Å². The van der Waals surface area contributed by atoms with E-state index in [1.54, 1.807) is 0 Å². The first-order valence-corrected chi connectivity index (χ1v) is 21.6. The number of halogens is 2. The molecule has 0 saturated heterocycles. The van der Waals surface area contributed by atoms with E-state index >= 15 is 0 Å². The lowest BCUT2D eigenvalue weighted by Crippen LogP contribution is -2.27. The van der Waals surface area contributed by atoms with Crippen molar-refractivity contribution in [2.45, 2.75) is 85.5 Å². The molecule has 0 amide bonds. The summed E-state index contributed by atoms with van der Waals surface area (Å²) < 4.78 is 10.0. The predicted molar refractivity (Wildman–Crippen MR) is 231 cm³/mol. The van der Waals surface area contributed by atoms with Gasteiger partial charge in [-0.2, -0.15) is 0 Å². The molecule has 248 valence electrons. The van der Waals surface area contributed by atoms with E-state index in [0.29, 0.717) is 0 Å². The Labute approximate surface area is 329 Å². The topological polar surface area (TPSA) is 9.23 Å². The number of thiophene rings is 4. The SMILES string of the molecule is Cc1ccc(-c2sc(I)cc2-c2cc(C(C)(C)C)cc3c2Oc2c(-c4cc(I)sc4-c4ccc(C)s4)cc(C(C)(C)C)cc2C3(C)C)s1. The van der Waals surface area contributed by atoms with Crippen LogP contribution in [0, 0.1) is 19.6 Å². The van der Waals surface area contributed by atoms with E-state index in [4.69, 9.17) is 4.74 Å². The van der Waals surface area contributed by atoms with E-state index in [9.17, 15) is 0 Å². The molecule has 0 radical (unpaired) electrons. The van der Waals surface area contributed by atoms with Gasteiger partial charge in [-0.25, -0.2) is 0 Å². The molecule has 0 aliphatic carbocycles. The molecular formula is C41H40I2OS4. The molecule has 6 aromatic rings. The third kappa shape index (κ3) is 6.20. The molecule has 2 aromatic carbocycles. The van der Waals surface area contributed by atoms with Crippen LogP contribution in [0.3, 0.4) is 0 Å². The fourth-order valence-electron chi connectivity index (χ4n) is 6.52. The highest BCUT2D eigenvalue weighted by molar-refractivity contribution is 14.1. The van der Waals surface area contributed by atoms with Crippen LogP contribution in [-0.2, 0) is 16.2 Å².